The average molecular weight is 696 g/mol. The third kappa shape index (κ3) is 57.6. The number of carboxylic acids is 3. The average Bonchev–Trinajstić information content (AvgIpc) is 2.74. The number of unbranched alkanes of at least 4 members (excludes halogenated alkanes) is 9. The monoisotopic (exact) mass is 695 g/mol. The minimum Gasteiger partial charge on any atom is -0.550 e. The molecule has 1 radical (unpaired) electrons. The third-order valence-corrected chi connectivity index (χ3v) is 6.17. The van der Waals surface area contributed by atoms with Gasteiger partial charge in [-0.05, 0) is 74.0 Å². The molecule has 0 spiro atoms. The van der Waals surface area contributed by atoms with Gasteiger partial charge in [0.1, 0.15) is 0 Å². The second-order valence-corrected chi connectivity index (χ2v) is 14.5. The van der Waals surface area contributed by atoms with E-state index in [2.05, 4.69) is 62.3 Å². The Kier molecular flexibility index (Phi) is 32.3. The molecule has 0 unspecified atom stereocenters. The van der Waals surface area contributed by atoms with Crippen molar-refractivity contribution in [2.24, 2.45) is 16.2 Å². The zero-order valence-electron chi connectivity index (χ0n) is 27.7. The van der Waals surface area contributed by atoms with Crippen molar-refractivity contribution in [2.75, 3.05) is 0 Å². The van der Waals surface area contributed by atoms with E-state index in [0.717, 1.165) is 57.8 Å². The zero-order valence-corrected chi connectivity index (χ0v) is 30.8. The van der Waals surface area contributed by atoms with Crippen molar-refractivity contribution in [3.05, 3.63) is 0 Å². The first-order valence-electron chi connectivity index (χ1n) is 15.3. The molecule has 7 heteroatoms. The topological polar surface area (TPSA) is 120 Å². The fourth-order valence-electron chi connectivity index (χ4n) is 3.83. The van der Waals surface area contributed by atoms with Gasteiger partial charge in [0.25, 0.3) is 0 Å². The molecule has 0 saturated carbocycles. The quantitative estimate of drug-likeness (QED) is 0.154. The summed E-state index contributed by atoms with van der Waals surface area (Å²) in [6.45, 7) is 20.1. The molecule has 0 aliphatic rings. The van der Waals surface area contributed by atoms with Crippen molar-refractivity contribution in [1.29, 1.82) is 0 Å². The van der Waals surface area contributed by atoms with Gasteiger partial charge in [-0.3, -0.25) is 0 Å². The molecule has 0 N–H and O–H groups in total. The molecule has 0 bridgehead atoms. The molecule has 0 atom stereocenters. The van der Waals surface area contributed by atoms with Crippen LogP contribution in [0.5, 0.6) is 0 Å². The SMILES string of the molecule is CC(C)(C)CCCCCCC(=O)[O-].CC(C)(C)CCCCCCC(=O)[O-].CC(C)(C)CCCCCCC(=O)[O-].[Ce+3]. The Morgan fingerprint density at radius 1 is 0.375 bits per heavy atom. The van der Waals surface area contributed by atoms with Gasteiger partial charge in [-0.25, -0.2) is 0 Å². The van der Waals surface area contributed by atoms with Gasteiger partial charge in [-0.15, -0.1) is 0 Å². The summed E-state index contributed by atoms with van der Waals surface area (Å²) in [6, 6.07) is 0. The molecule has 0 rings (SSSR count). The Labute approximate surface area is 281 Å². The third-order valence-electron chi connectivity index (χ3n) is 6.17. The first-order valence-corrected chi connectivity index (χ1v) is 15.3. The molecule has 40 heavy (non-hydrogen) atoms. The van der Waals surface area contributed by atoms with Crippen LogP contribution in [0.3, 0.4) is 0 Å². The molecular weight excluding hydrogens is 632 g/mol. The summed E-state index contributed by atoms with van der Waals surface area (Å²) in [6.07, 6.45) is 16.7. The van der Waals surface area contributed by atoms with E-state index >= 15 is 0 Å². The number of carbonyl (C=O) groups is 3. The first kappa shape index (κ1) is 46.7. The van der Waals surface area contributed by atoms with Crippen LogP contribution < -0.4 is 15.3 Å². The maximum absolute atomic E-state index is 10.1. The molecule has 6 nitrogen and oxygen atoms in total. The molecule has 0 aromatic heterocycles. The molecular formula is C33H63CeO6. The number of carbonyl (C=O) groups excluding carboxylic acids is 3. The first-order chi connectivity index (χ1) is 17.7. The zero-order chi connectivity index (χ0) is 31.0. The Hall–Kier alpha value is -0.213. The van der Waals surface area contributed by atoms with Crippen LogP contribution in [-0.4, -0.2) is 17.9 Å². The number of carboxylic acid groups (broad SMARTS) is 3. The van der Waals surface area contributed by atoms with Crippen LogP contribution >= 0.6 is 0 Å². The summed E-state index contributed by atoms with van der Waals surface area (Å²) >= 11 is 0. The van der Waals surface area contributed by atoms with E-state index in [9.17, 15) is 29.7 Å². The van der Waals surface area contributed by atoms with Gasteiger partial charge in [0.2, 0.25) is 0 Å². The molecule has 0 amide bonds. The second-order valence-electron chi connectivity index (χ2n) is 14.5. The summed E-state index contributed by atoms with van der Waals surface area (Å²) in [5, 5.41) is 30.2. The molecule has 0 aliphatic carbocycles. The molecule has 0 saturated heterocycles. The molecule has 0 fully saturated rings. The van der Waals surface area contributed by atoms with Crippen LogP contribution in [0.25, 0.3) is 0 Å². The van der Waals surface area contributed by atoms with Gasteiger partial charge in [-0.1, -0.05) is 120 Å². The van der Waals surface area contributed by atoms with E-state index in [0.29, 0.717) is 16.2 Å². The standard InChI is InChI=1S/3C11H22O2.Ce/c3*1-11(2,3)9-7-5-4-6-8-10(12)13;/h3*4-9H2,1-3H3,(H,12,13);/q;;;+3/p-3. The molecule has 0 aromatic carbocycles. The number of rotatable bonds is 18. The van der Waals surface area contributed by atoms with Crippen LogP contribution in [-0.2, 0) is 14.4 Å². The largest absolute Gasteiger partial charge is 3.00 e. The van der Waals surface area contributed by atoms with Gasteiger partial charge in [-0.2, -0.15) is 0 Å². The van der Waals surface area contributed by atoms with E-state index in [1.165, 1.54) is 38.5 Å². The Morgan fingerprint density at radius 2 is 0.550 bits per heavy atom. The number of hydrogen-bond donors (Lipinski definition) is 0. The van der Waals surface area contributed by atoms with E-state index in [4.69, 9.17) is 0 Å². The smallest absolute Gasteiger partial charge is 0.550 e. The van der Waals surface area contributed by atoms with Crippen LogP contribution in [0, 0.1) is 58.0 Å². The van der Waals surface area contributed by atoms with E-state index in [1.54, 1.807) is 0 Å². The second kappa shape index (κ2) is 27.6. The van der Waals surface area contributed by atoms with Crippen molar-refractivity contribution in [3.63, 3.8) is 0 Å². The van der Waals surface area contributed by atoms with Crippen molar-refractivity contribution in [2.45, 2.75) is 178 Å². The van der Waals surface area contributed by atoms with Crippen LogP contribution in [0.15, 0.2) is 0 Å². The van der Waals surface area contributed by atoms with Gasteiger partial charge in [0.15, 0.2) is 0 Å². The minimum absolute atomic E-state index is 0. The van der Waals surface area contributed by atoms with E-state index in [-0.39, 0.29) is 61.0 Å². The van der Waals surface area contributed by atoms with Gasteiger partial charge < -0.3 is 29.7 Å². The van der Waals surface area contributed by atoms with Crippen molar-refractivity contribution in [1.82, 2.24) is 0 Å². The molecule has 0 aromatic rings. The van der Waals surface area contributed by atoms with Gasteiger partial charge in [0, 0.05) is 17.9 Å². The van der Waals surface area contributed by atoms with Crippen molar-refractivity contribution < 1.29 is 71.5 Å². The Balaban J connectivity index is -0.000000240. The Morgan fingerprint density at radius 3 is 0.700 bits per heavy atom. The van der Waals surface area contributed by atoms with Crippen LogP contribution in [0.1, 0.15) is 178 Å². The number of hydrogen-bond acceptors (Lipinski definition) is 6. The van der Waals surface area contributed by atoms with E-state index < -0.39 is 17.9 Å². The maximum Gasteiger partial charge on any atom is 3.00 e. The maximum atomic E-state index is 10.1. The summed E-state index contributed by atoms with van der Waals surface area (Å²) in [4.78, 5) is 30.2. The predicted molar refractivity (Wildman–Crippen MR) is 156 cm³/mol. The van der Waals surface area contributed by atoms with E-state index in [1.807, 2.05) is 0 Å². The van der Waals surface area contributed by atoms with Crippen molar-refractivity contribution in [3.8, 4) is 0 Å². The molecule has 0 heterocycles. The fourth-order valence-corrected chi connectivity index (χ4v) is 3.83. The van der Waals surface area contributed by atoms with Gasteiger partial charge >= 0.3 is 41.7 Å². The summed E-state index contributed by atoms with van der Waals surface area (Å²) in [7, 11) is 0. The van der Waals surface area contributed by atoms with Crippen LogP contribution in [0.2, 0.25) is 0 Å². The summed E-state index contributed by atoms with van der Waals surface area (Å²) < 4.78 is 0. The Bertz CT molecular complexity index is 526. The van der Waals surface area contributed by atoms with Gasteiger partial charge in [0.05, 0.1) is 0 Å². The fraction of sp³-hybridized carbons (Fsp3) is 0.909. The summed E-state index contributed by atoms with van der Waals surface area (Å²) in [5.41, 5.74) is 1.23. The normalized spacial score (nSPS) is 11.3. The minimum atomic E-state index is -0.921. The predicted octanol–water partition coefficient (Wildman–Crippen LogP) is 6.37. The van der Waals surface area contributed by atoms with Crippen LogP contribution in [0.4, 0.5) is 0 Å². The summed E-state index contributed by atoms with van der Waals surface area (Å²) in [5.74, 6) is -2.76. The number of aliphatic carboxylic acids is 3. The molecule has 235 valence electrons. The molecule has 0 aliphatic heterocycles. The van der Waals surface area contributed by atoms with Crippen molar-refractivity contribution >= 4 is 17.9 Å².